The molecule has 1 aliphatic carbocycles. The van der Waals surface area contributed by atoms with Crippen LogP contribution in [-0.4, -0.2) is 86.5 Å². The third kappa shape index (κ3) is 7.55. The molecule has 1 atom stereocenters. The SMILES string of the molecule is COc1ccc2c(c1)CCCC(c1ccc(F)cc1)=C2c1ccc(N2CCC(CN3CCN(c4ccc5c(c4)CN([C@@H]4CCC(=O)NC4=O)C5=O)CC3)CC2)cc1. The number of fused-ring (bicyclic) bond motifs is 2. The maximum absolute atomic E-state index is 14.0. The Morgan fingerprint density at radius 2 is 1.40 bits per heavy atom. The van der Waals surface area contributed by atoms with Crippen LogP contribution in [-0.2, 0) is 22.6 Å². The quantitative estimate of drug-likeness (QED) is 0.195. The monoisotopic (exact) mass is 767 g/mol. The largest absolute Gasteiger partial charge is 0.497 e. The molecule has 9 rings (SSSR count). The standard InChI is InChI=1S/C47H50FN5O4/c1-57-39-14-16-41-34(28-39)3-2-4-40(32-5-9-36(48)10-6-32)45(41)33-7-11-37(12-8-33)51-21-19-31(20-22-51)29-50-23-25-52(26-24-50)38-13-15-42-35(27-38)30-53(47(42)56)43-17-18-44(54)49-46(43)55/h5-16,27-28,31,43H,2-4,17-26,29-30H2,1H3,(H,49,54,55)/t43-/m1/s1. The van der Waals surface area contributed by atoms with E-state index in [9.17, 15) is 18.8 Å². The number of carbonyl (C=O) groups excluding carboxylic acids is 3. The Hall–Kier alpha value is -5.48. The third-order valence-electron chi connectivity index (χ3n) is 12.8. The normalized spacial score (nSPS) is 20.7. The Labute approximate surface area is 334 Å². The molecule has 3 amide bonds. The lowest BCUT2D eigenvalue weighted by Gasteiger charge is -2.40. The van der Waals surface area contributed by atoms with Crippen molar-refractivity contribution in [2.75, 3.05) is 62.7 Å². The molecular weight excluding hydrogens is 718 g/mol. The molecule has 0 radical (unpaired) electrons. The minimum absolute atomic E-state index is 0.128. The zero-order chi connectivity index (χ0) is 39.0. The first-order valence-electron chi connectivity index (χ1n) is 20.6. The van der Waals surface area contributed by atoms with Gasteiger partial charge >= 0.3 is 0 Å². The number of methoxy groups -OCH3 is 1. The molecule has 0 bridgehead atoms. The van der Waals surface area contributed by atoms with Crippen molar-refractivity contribution in [2.45, 2.75) is 57.5 Å². The molecule has 4 aromatic rings. The second-order valence-electron chi connectivity index (χ2n) is 16.2. The number of imide groups is 1. The Bertz CT molecular complexity index is 2200. The molecular formula is C47H50FN5O4. The highest BCUT2D eigenvalue weighted by Gasteiger charge is 2.39. The molecule has 4 aromatic carbocycles. The van der Waals surface area contributed by atoms with Crippen molar-refractivity contribution >= 4 is 40.2 Å². The number of allylic oxidation sites excluding steroid dienone is 1. The second-order valence-corrected chi connectivity index (χ2v) is 16.2. The summed E-state index contributed by atoms with van der Waals surface area (Å²) < 4.78 is 19.5. The van der Waals surface area contributed by atoms with Crippen molar-refractivity contribution in [1.82, 2.24) is 15.1 Å². The minimum atomic E-state index is -0.594. The van der Waals surface area contributed by atoms with Gasteiger partial charge in [-0.3, -0.25) is 24.6 Å². The van der Waals surface area contributed by atoms with Gasteiger partial charge in [0.05, 0.1) is 7.11 Å². The molecule has 4 aliphatic heterocycles. The van der Waals surface area contributed by atoms with Crippen LogP contribution in [0.4, 0.5) is 15.8 Å². The summed E-state index contributed by atoms with van der Waals surface area (Å²) in [5, 5.41) is 2.39. The summed E-state index contributed by atoms with van der Waals surface area (Å²) in [6.45, 7) is 7.48. The van der Waals surface area contributed by atoms with Crippen LogP contribution >= 0.6 is 0 Å². The summed E-state index contributed by atoms with van der Waals surface area (Å²) in [6, 6.07) is 27.9. The van der Waals surface area contributed by atoms with E-state index in [1.807, 2.05) is 30.3 Å². The van der Waals surface area contributed by atoms with Gasteiger partial charge in [0.15, 0.2) is 0 Å². The lowest BCUT2D eigenvalue weighted by atomic mass is 9.87. The van der Waals surface area contributed by atoms with E-state index in [0.29, 0.717) is 24.4 Å². The number of aryl methyl sites for hydroxylation is 1. The molecule has 0 aromatic heterocycles. The van der Waals surface area contributed by atoms with E-state index < -0.39 is 6.04 Å². The first kappa shape index (κ1) is 37.1. The van der Waals surface area contributed by atoms with Gasteiger partial charge in [0.2, 0.25) is 11.8 Å². The number of anilines is 2. The van der Waals surface area contributed by atoms with Gasteiger partial charge in [-0.05, 0) is 138 Å². The number of amides is 3. The molecule has 3 saturated heterocycles. The smallest absolute Gasteiger partial charge is 0.255 e. The molecule has 5 aliphatic rings. The minimum Gasteiger partial charge on any atom is -0.497 e. The van der Waals surface area contributed by atoms with Crippen molar-refractivity contribution in [1.29, 1.82) is 0 Å². The van der Waals surface area contributed by atoms with Crippen LogP contribution in [0.2, 0.25) is 0 Å². The fourth-order valence-corrected chi connectivity index (χ4v) is 9.68. The summed E-state index contributed by atoms with van der Waals surface area (Å²) in [4.78, 5) is 46.5. The maximum Gasteiger partial charge on any atom is 0.255 e. The number of nitrogens with zero attached hydrogens (tertiary/aromatic N) is 4. The number of benzene rings is 4. The van der Waals surface area contributed by atoms with E-state index in [4.69, 9.17) is 4.74 Å². The molecule has 294 valence electrons. The van der Waals surface area contributed by atoms with E-state index in [-0.39, 0.29) is 30.0 Å². The Balaban J connectivity index is 0.806. The van der Waals surface area contributed by atoms with Crippen molar-refractivity contribution in [3.8, 4) is 5.75 Å². The van der Waals surface area contributed by atoms with E-state index in [1.165, 1.54) is 46.4 Å². The number of rotatable bonds is 8. The molecule has 4 heterocycles. The van der Waals surface area contributed by atoms with Crippen molar-refractivity contribution < 1.29 is 23.5 Å². The van der Waals surface area contributed by atoms with Crippen molar-refractivity contribution in [2.24, 2.45) is 5.92 Å². The molecule has 1 N–H and O–H groups in total. The summed E-state index contributed by atoms with van der Waals surface area (Å²) in [5.74, 6) is 0.545. The molecule has 9 nitrogen and oxygen atoms in total. The molecule has 0 saturated carbocycles. The van der Waals surface area contributed by atoms with E-state index >= 15 is 0 Å². The molecule has 57 heavy (non-hydrogen) atoms. The number of piperazine rings is 1. The Kier molecular flexibility index (Phi) is 10.3. The zero-order valence-electron chi connectivity index (χ0n) is 32.6. The van der Waals surface area contributed by atoms with Crippen LogP contribution in [0.15, 0.2) is 84.9 Å². The van der Waals surface area contributed by atoms with E-state index in [2.05, 4.69) is 62.5 Å². The first-order valence-corrected chi connectivity index (χ1v) is 20.6. The highest BCUT2D eigenvalue weighted by Crippen LogP contribution is 2.41. The average Bonchev–Trinajstić information content (AvgIpc) is 3.43. The number of hydrogen-bond donors (Lipinski definition) is 1. The number of nitrogens with one attached hydrogen (secondary N) is 1. The van der Waals surface area contributed by atoms with Crippen LogP contribution in [0.3, 0.4) is 0 Å². The van der Waals surface area contributed by atoms with Crippen molar-refractivity contribution in [3.05, 3.63) is 124 Å². The van der Waals surface area contributed by atoms with Gasteiger partial charge in [-0.1, -0.05) is 30.3 Å². The second kappa shape index (κ2) is 15.8. The van der Waals surface area contributed by atoms with Gasteiger partial charge in [0.25, 0.3) is 5.91 Å². The van der Waals surface area contributed by atoms with Gasteiger partial charge in [0, 0.05) is 75.7 Å². The van der Waals surface area contributed by atoms with Crippen LogP contribution in [0.5, 0.6) is 5.75 Å². The number of ether oxygens (including phenoxy) is 1. The third-order valence-corrected chi connectivity index (χ3v) is 12.8. The number of carbonyl (C=O) groups is 3. The van der Waals surface area contributed by atoms with E-state index in [1.54, 1.807) is 24.1 Å². The van der Waals surface area contributed by atoms with Gasteiger partial charge in [-0.25, -0.2) is 4.39 Å². The predicted molar refractivity (Wildman–Crippen MR) is 221 cm³/mol. The lowest BCUT2D eigenvalue weighted by Crippen LogP contribution is -2.52. The molecule has 3 fully saturated rings. The Morgan fingerprint density at radius 3 is 2.14 bits per heavy atom. The number of halogens is 1. The molecule has 0 spiro atoms. The lowest BCUT2D eigenvalue weighted by molar-refractivity contribution is -0.136. The van der Waals surface area contributed by atoms with Gasteiger partial charge in [-0.2, -0.15) is 0 Å². The summed E-state index contributed by atoms with van der Waals surface area (Å²) >= 11 is 0. The zero-order valence-corrected chi connectivity index (χ0v) is 32.6. The van der Waals surface area contributed by atoms with Crippen molar-refractivity contribution in [3.63, 3.8) is 0 Å². The fourth-order valence-electron chi connectivity index (χ4n) is 9.68. The van der Waals surface area contributed by atoms with E-state index in [0.717, 1.165) is 87.6 Å². The van der Waals surface area contributed by atoms with Crippen LogP contribution < -0.4 is 19.9 Å². The van der Waals surface area contributed by atoms with Crippen LogP contribution in [0.1, 0.15) is 76.7 Å². The predicted octanol–water partition coefficient (Wildman–Crippen LogP) is 6.93. The maximum atomic E-state index is 14.0. The fraction of sp³-hybridized carbons (Fsp3) is 0.383. The molecule has 0 unspecified atom stereocenters. The number of hydrogen-bond acceptors (Lipinski definition) is 7. The van der Waals surface area contributed by atoms with Crippen LogP contribution in [0.25, 0.3) is 11.1 Å². The van der Waals surface area contributed by atoms with Gasteiger partial charge < -0.3 is 19.4 Å². The average molecular weight is 768 g/mol. The van der Waals surface area contributed by atoms with Gasteiger partial charge in [0.1, 0.15) is 17.6 Å². The van der Waals surface area contributed by atoms with Gasteiger partial charge in [-0.15, -0.1) is 0 Å². The summed E-state index contributed by atoms with van der Waals surface area (Å²) in [6.07, 6.45) is 5.87. The Morgan fingerprint density at radius 1 is 0.702 bits per heavy atom. The topological polar surface area (TPSA) is 85.4 Å². The highest BCUT2D eigenvalue weighted by molar-refractivity contribution is 6.05. The molecule has 10 heteroatoms. The number of piperidine rings is 2. The highest BCUT2D eigenvalue weighted by atomic mass is 19.1. The van der Waals surface area contributed by atoms with Crippen LogP contribution in [0, 0.1) is 11.7 Å². The summed E-state index contributed by atoms with van der Waals surface area (Å²) in [5.41, 5.74) is 11.2. The first-order chi connectivity index (χ1) is 27.8. The summed E-state index contributed by atoms with van der Waals surface area (Å²) in [7, 11) is 1.72.